The summed E-state index contributed by atoms with van der Waals surface area (Å²) < 4.78 is 10.7. The fourth-order valence-electron chi connectivity index (χ4n) is 1.42. The van der Waals surface area contributed by atoms with E-state index in [-0.39, 0.29) is 0 Å². The summed E-state index contributed by atoms with van der Waals surface area (Å²) in [6.07, 6.45) is 2.46. The topological polar surface area (TPSA) is 58.2 Å². The van der Waals surface area contributed by atoms with Crippen LogP contribution in [0.15, 0.2) is 16.5 Å². The Labute approximate surface area is 103 Å². The van der Waals surface area contributed by atoms with Crippen molar-refractivity contribution < 1.29 is 9.15 Å². The average molecular weight is 236 g/mol. The monoisotopic (exact) mass is 236 g/mol. The third-order valence-electron chi connectivity index (χ3n) is 2.27. The third kappa shape index (κ3) is 6.10. The van der Waals surface area contributed by atoms with Crippen molar-refractivity contribution in [1.82, 2.24) is 5.32 Å². The Morgan fingerprint density at radius 2 is 2.24 bits per heavy atom. The second-order valence-electron chi connectivity index (χ2n) is 4.18. The fourth-order valence-corrected chi connectivity index (χ4v) is 1.42. The maximum atomic E-state index is 8.59. The zero-order valence-corrected chi connectivity index (χ0v) is 10.5. The smallest absolute Gasteiger partial charge is 0.203 e. The predicted octanol–water partition coefficient (Wildman–Crippen LogP) is 2.45. The summed E-state index contributed by atoms with van der Waals surface area (Å²) in [4.78, 5) is 0. The van der Waals surface area contributed by atoms with Gasteiger partial charge in [-0.25, -0.2) is 0 Å². The number of nitrogens with zero attached hydrogens (tertiary/aromatic N) is 1. The highest BCUT2D eigenvalue weighted by Gasteiger charge is 2.00. The molecule has 0 saturated heterocycles. The van der Waals surface area contributed by atoms with Crippen LogP contribution in [0.4, 0.5) is 0 Å². The van der Waals surface area contributed by atoms with Crippen molar-refractivity contribution >= 4 is 0 Å². The molecule has 0 spiro atoms. The summed E-state index contributed by atoms with van der Waals surface area (Å²) in [5.41, 5.74) is 0. The van der Waals surface area contributed by atoms with Gasteiger partial charge in [-0.2, -0.15) is 5.26 Å². The molecule has 0 aliphatic carbocycles. The first-order chi connectivity index (χ1) is 8.22. The lowest BCUT2D eigenvalue weighted by molar-refractivity contribution is 0.0760. The Kier molecular flexibility index (Phi) is 6.38. The minimum absolute atomic E-state index is 0.315. The van der Waals surface area contributed by atoms with Crippen LogP contribution in [0.1, 0.15) is 38.2 Å². The molecule has 1 heterocycles. The lowest BCUT2D eigenvalue weighted by Crippen LogP contribution is -2.15. The van der Waals surface area contributed by atoms with Crippen LogP contribution in [-0.2, 0) is 11.3 Å². The number of hydrogen-bond donors (Lipinski definition) is 1. The highest BCUT2D eigenvalue weighted by molar-refractivity contribution is 5.18. The molecule has 1 aromatic rings. The predicted molar refractivity (Wildman–Crippen MR) is 65.5 cm³/mol. The van der Waals surface area contributed by atoms with Crippen LogP contribution in [0, 0.1) is 11.3 Å². The van der Waals surface area contributed by atoms with E-state index in [0.29, 0.717) is 18.4 Å². The second-order valence-corrected chi connectivity index (χ2v) is 4.18. The summed E-state index contributed by atoms with van der Waals surface area (Å²) >= 11 is 0. The van der Waals surface area contributed by atoms with Gasteiger partial charge in [-0.05, 0) is 45.4 Å². The van der Waals surface area contributed by atoms with E-state index in [2.05, 4.69) is 5.32 Å². The lowest BCUT2D eigenvalue weighted by atomic mass is 10.3. The van der Waals surface area contributed by atoms with Gasteiger partial charge < -0.3 is 14.5 Å². The SMILES string of the molecule is CC(C)OCCCCNCc1ccc(C#N)o1. The van der Waals surface area contributed by atoms with E-state index in [4.69, 9.17) is 14.4 Å². The maximum absolute atomic E-state index is 8.59. The molecular formula is C13H20N2O2. The Balaban J connectivity index is 1.99. The van der Waals surface area contributed by atoms with Crippen LogP contribution < -0.4 is 5.32 Å². The first-order valence-electron chi connectivity index (χ1n) is 6.03. The Morgan fingerprint density at radius 1 is 1.41 bits per heavy atom. The molecular weight excluding hydrogens is 216 g/mol. The van der Waals surface area contributed by atoms with Gasteiger partial charge in [-0.3, -0.25) is 0 Å². The van der Waals surface area contributed by atoms with Crippen molar-refractivity contribution in [1.29, 1.82) is 5.26 Å². The molecule has 0 atom stereocenters. The van der Waals surface area contributed by atoms with Gasteiger partial charge in [-0.1, -0.05) is 0 Å². The zero-order valence-electron chi connectivity index (χ0n) is 10.5. The van der Waals surface area contributed by atoms with E-state index < -0.39 is 0 Å². The van der Waals surface area contributed by atoms with Gasteiger partial charge in [0.05, 0.1) is 12.6 Å². The molecule has 1 aromatic heterocycles. The summed E-state index contributed by atoms with van der Waals surface area (Å²) in [6.45, 7) is 6.51. The largest absolute Gasteiger partial charge is 0.449 e. The van der Waals surface area contributed by atoms with E-state index in [9.17, 15) is 0 Å². The quantitative estimate of drug-likeness (QED) is 0.704. The van der Waals surface area contributed by atoms with Crippen molar-refractivity contribution in [2.75, 3.05) is 13.2 Å². The van der Waals surface area contributed by atoms with Crippen LogP contribution >= 0.6 is 0 Å². The summed E-state index contributed by atoms with van der Waals surface area (Å²) in [6, 6.07) is 5.48. The molecule has 0 amide bonds. The number of nitrogens with one attached hydrogen (secondary N) is 1. The molecule has 0 saturated carbocycles. The van der Waals surface area contributed by atoms with Gasteiger partial charge in [0, 0.05) is 6.61 Å². The van der Waals surface area contributed by atoms with Crippen molar-refractivity contribution in [3.8, 4) is 6.07 Å². The number of ether oxygens (including phenoxy) is 1. The summed E-state index contributed by atoms with van der Waals surface area (Å²) in [7, 11) is 0. The molecule has 0 bridgehead atoms. The van der Waals surface area contributed by atoms with Crippen molar-refractivity contribution in [2.24, 2.45) is 0 Å². The number of unbranched alkanes of at least 4 members (excludes halogenated alkanes) is 1. The van der Waals surface area contributed by atoms with E-state index >= 15 is 0 Å². The van der Waals surface area contributed by atoms with E-state index in [1.807, 2.05) is 26.0 Å². The van der Waals surface area contributed by atoms with Crippen molar-refractivity contribution in [2.45, 2.75) is 39.3 Å². The van der Waals surface area contributed by atoms with Crippen LogP contribution in [0.3, 0.4) is 0 Å². The normalized spacial score (nSPS) is 10.7. The van der Waals surface area contributed by atoms with Gasteiger partial charge in [0.1, 0.15) is 11.8 Å². The highest BCUT2D eigenvalue weighted by Crippen LogP contribution is 2.05. The molecule has 0 fully saturated rings. The minimum Gasteiger partial charge on any atom is -0.449 e. The summed E-state index contributed by atoms with van der Waals surface area (Å²) in [5, 5.41) is 11.9. The molecule has 0 radical (unpaired) electrons. The molecule has 0 unspecified atom stereocenters. The van der Waals surface area contributed by atoms with Crippen LogP contribution in [-0.4, -0.2) is 19.3 Å². The summed E-state index contributed by atoms with van der Waals surface area (Å²) in [5.74, 6) is 1.17. The van der Waals surface area contributed by atoms with Gasteiger partial charge in [-0.15, -0.1) is 0 Å². The second kappa shape index (κ2) is 7.88. The third-order valence-corrected chi connectivity index (χ3v) is 2.27. The van der Waals surface area contributed by atoms with Crippen LogP contribution in [0.5, 0.6) is 0 Å². The molecule has 4 heteroatoms. The lowest BCUT2D eigenvalue weighted by Gasteiger charge is -2.07. The number of nitriles is 1. The molecule has 1 rings (SSSR count). The Hall–Kier alpha value is -1.31. The first-order valence-corrected chi connectivity index (χ1v) is 6.03. The number of rotatable bonds is 8. The van der Waals surface area contributed by atoms with Gasteiger partial charge in [0.25, 0.3) is 0 Å². The number of furan rings is 1. The molecule has 0 aromatic carbocycles. The van der Waals surface area contributed by atoms with E-state index in [1.54, 1.807) is 6.07 Å². The minimum atomic E-state index is 0.315. The standard InChI is InChI=1S/C13H20N2O2/c1-11(2)16-8-4-3-7-15-10-13-6-5-12(9-14)17-13/h5-6,11,15H,3-4,7-8,10H2,1-2H3. The number of hydrogen-bond acceptors (Lipinski definition) is 4. The molecule has 1 N–H and O–H groups in total. The van der Waals surface area contributed by atoms with Gasteiger partial charge >= 0.3 is 0 Å². The van der Waals surface area contributed by atoms with Crippen LogP contribution in [0.25, 0.3) is 0 Å². The molecule has 4 nitrogen and oxygen atoms in total. The van der Waals surface area contributed by atoms with Crippen molar-refractivity contribution in [3.05, 3.63) is 23.7 Å². The van der Waals surface area contributed by atoms with Gasteiger partial charge in [0.2, 0.25) is 5.76 Å². The van der Waals surface area contributed by atoms with Crippen molar-refractivity contribution in [3.63, 3.8) is 0 Å². The molecule has 17 heavy (non-hydrogen) atoms. The van der Waals surface area contributed by atoms with Crippen LogP contribution in [0.2, 0.25) is 0 Å². The Bertz CT molecular complexity index is 353. The fraction of sp³-hybridized carbons (Fsp3) is 0.615. The average Bonchev–Trinajstić information content (AvgIpc) is 2.75. The maximum Gasteiger partial charge on any atom is 0.203 e. The van der Waals surface area contributed by atoms with E-state index in [0.717, 1.165) is 31.8 Å². The van der Waals surface area contributed by atoms with E-state index in [1.165, 1.54) is 0 Å². The highest BCUT2D eigenvalue weighted by atomic mass is 16.5. The molecule has 0 aliphatic heterocycles. The Morgan fingerprint density at radius 3 is 2.88 bits per heavy atom. The molecule has 94 valence electrons. The molecule has 0 aliphatic rings. The first kappa shape index (κ1) is 13.8. The zero-order chi connectivity index (χ0) is 12.5. The van der Waals surface area contributed by atoms with Gasteiger partial charge in [0.15, 0.2) is 0 Å².